The van der Waals surface area contributed by atoms with E-state index in [4.69, 9.17) is 20.6 Å². The van der Waals surface area contributed by atoms with Crippen molar-refractivity contribution in [3.8, 4) is 0 Å². The molecule has 9 heavy (non-hydrogen) atoms. The summed E-state index contributed by atoms with van der Waals surface area (Å²) < 4.78 is 0. The molecule has 0 saturated heterocycles. The molecule has 0 aliphatic rings. The Bertz CT molecular complexity index is 57.0. The van der Waals surface area contributed by atoms with Crippen LogP contribution in [-0.2, 0) is 19.5 Å². The van der Waals surface area contributed by atoms with Crippen molar-refractivity contribution >= 4 is 12.8 Å². The van der Waals surface area contributed by atoms with Crippen LogP contribution in [0.5, 0.6) is 0 Å². The summed E-state index contributed by atoms with van der Waals surface area (Å²) in [5.41, 5.74) is 0. The van der Waals surface area contributed by atoms with Crippen LogP contribution in [0.2, 0.25) is 0 Å². The van der Waals surface area contributed by atoms with Crippen molar-refractivity contribution in [2.75, 3.05) is 0 Å². The van der Waals surface area contributed by atoms with Crippen LogP contribution >= 0.6 is 0 Å². The average Bonchev–Trinajstić information content (AvgIpc) is 1.88. The molecule has 0 radical (unpaired) electrons. The van der Waals surface area contributed by atoms with Gasteiger partial charge in [-0.1, -0.05) is 0 Å². The fourth-order valence-corrected chi connectivity index (χ4v) is 0. The molecule has 0 saturated carbocycles. The third-order valence-corrected chi connectivity index (χ3v) is 0.0894. The van der Waals surface area contributed by atoms with Gasteiger partial charge >= 0.3 is 19.5 Å². The van der Waals surface area contributed by atoms with Crippen molar-refractivity contribution in [3.05, 3.63) is 0 Å². The molecule has 0 rings (SSSR count). The number of hydrogen-bond acceptors (Lipinski definition) is 4. The van der Waals surface area contributed by atoms with Crippen LogP contribution in [0.3, 0.4) is 0 Å². The summed E-state index contributed by atoms with van der Waals surface area (Å²) >= 11 is 0. The van der Waals surface area contributed by atoms with Gasteiger partial charge in [0.05, 0.1) is 0 Å². The van der Waals surface area contributed by atoms with Crippen molar-refractivity contribution < 1.29 is 40.1 Å². The minimum absolute atomic E-state index is 0. The molecule has 0 heterocycles. The van der Waals surface area contributed by atoms with E-state index in [1.807, 2.05) is 10.3 Å². The number of aliphatic hydroxyl groups excluding tert-OH is 2. The molecule has 4 N–H and O–H groups in total. The molecule has 6 nitrogen and oxygen atoms in total. The van der Waals surface area contributed by atoms with E-state index in [0.717, 1.165) is 12.8 Å². The van der Waals surface area contributed by atoms with Gasteiger partial charge in [0.25, 0.3) is 0 Å². The quantitative estimate of drug-likeness (QED) is 0.104. The Morgan fingerprint density at radius 2 is 1.00 bits per heavy atom. The Balaban J connectivity index is -0.0000000720. The smallest absolute Gasteiger partial charge is 0.683 e. The first kappa shape index (κ1) is 15.7. The number of nitrogens with zero attached hydrogens (tertiary/aromatic N) is 2. The molecule has 0 aromatic heterocycles. The fourth-order valence-electron chi connectivity index (χ4n) is 0. The second-order valence-corrected chi connectivity index (χ2v) is 0.400. The second-order valence-electron chi connectivity index (χ2n) is 0.400. The van der Waals surface area contributed by atoms with Gasteiger partial charge in [-0.05, 0) is 0 Å². The molecule has 0 atom stereocenters. The predicted octanol–water partition coefficient (Wildman–Crippen LogP) is -0.325. The Morgan fingerprint density at radius 3 is 1.00 bits per heavy atom. The SMILES string of the molecule is O[C-]=NO.O[C-]=NO.[Zn+2]. The summed E-state index contributed by atoms with van der Waals surface area (Å²) in [5, 5.41) is 32.8. The van der Waals surface area contributed by atoms with E-state index in [0.29, 0.717) is 0 Å². The summed E-state index contributed by atoms with van der Waals surface area (Å²) in [6.45, 7) is 0. The van der Waals surface area contributed by atoms with Gasteiger partial charge in [-0.25, -0.2) is 0 Å². The van der Waals surface area contributed by atoms with Crippen LogP contribution < -0.4 is 0 Å². The Labute approximate surface area is 63.9 Å². The molecule has 0 aromatic rings. The standard InChI is InChI=1S/2CH2NO2.Zn/c2*3-1-2-4;/h2*4H,(H,2,3);/q2*-1;+2. The van der Waals surface area contributed by atoms with Crippen molar-refractivity contribution in [1.29, 1.82) is 0 Å². The zero-order chi connectivity index (χ0) is 6.83. The summed E-state index contributed by atoms with van der Waals surface area (Å²) in [5.74, 6) is 0. The summed E-state index contributed by atoms with van der Waals surface area (Å²) in [6.07, 6.45) is 2.22. The zero-order valence-corrected chi connectivity index (χ0v) is 7.36. The van der Waals surface area contributed by atoms with E-state index >= 15 is 0 Å². The third kappa shape index (κ3) is 141. The topological polar surface area (TPSA) is 106 Å². The second kappa shape index (κ2) is 27.2. The molecular weight excluding hydrogens is 181 g/mol. The van der Waals surface area contributed by atoms with Gasteiger partial charge in [0.15, 0.2) is 0 Å². The van der Waals surface area contributed by atoms with Crippen LogP contribution in [0.4, 0.5) is 0 Å². The van der Waals surface area contributed by atoms with Gasteiger partial charge in [-0.15, -0.1) is 0 Å². The molecule has 48 valence electrons. The first-order valence-corrected chi connectivity index (χ1v) is 1.29. The van der Waals surface area contributed by atoms with Crippen LogP contribution in [0.15, 0.2) is 10.3 Å². The average molecular weight is 185 g/mol. The van der Waals surface area contributed by atoms with Crippen molar-refractivity contribution in [3.63, 3.8) is 0 Å². The normalized spacial score (nSPS) is 8.00. The van der Waals surface area contributed by atoms with Crippen LogP contribution in [0.1, 0.15) is 0 Å². The van der Waals surface area contributed by atoms with E-state index in [1.54, 1.807) is 0 Å². The van der Waals surface area contributed by atoms with Crippen LogP contribution in [0.25, 0.3) is 0 Å². The van der Waals surface area contributed by atoms with Crippen molar-refractivity contribution in [2.45, 2.75) is 0 Å². The van der Waals surface area contributed by atoms with Crippen molar-refractivity contribution in [1.82, 2.24) is 0 Å². The molecule has 0 spiro atoms. The maximum atomic E-state index is 7.21. The van der Waals surface area contributed by atoms with Crippen LogP contribution in [0, 0.1) is 0 Å². The van der Waals surface area contributed by atoms with E-state index in [-0.39, 0.29) is 19.5 Å². The predicted molar refractivity (Wildman–Crippen MR) is 23.7 cm³/mol. The molecule has 0 aliphatic heterocycles. The van der Waals surface area contributed by atoms with Gasteiger partial charge in [0, 0.05) is 0 Å². The number of aliphatic hydroxyl groups is 2. The largest absolute Gasteiger partial charge is 2.00 e. The Morgan fingerprint density at radius 1 is 0.889 bits per heavy atom. The van der Waals surface area contributed by atoms with Gasteiger partial charge in [0.2, 0.25) is 0 Å². The molecule has 0 aliphatic carbocycles. The van der Waals surface area contributed by atoms with Gasteiger partial charge < -0.3 is 20.6 Å². The van der Waals surface area contributed by atoms with E-state index in [2.05, 4.69) is 0 Å². The Kier molecular flexibility index (Phi) is 47.5. The molecule has 0 bridgehead atoms. The molecular formula is C2H4N2O4Zn. The van der Waals surface area contributed by atoms with E-state index in [9.17, 15) is 0 Å². The monoisotopic (exact) mass is 184 g/mol. The maximum absolute atomic E-state index is 7.21. The molecule has 0 fully saturated rings. The molecule has 0 aromatic carbocycles. The fraction of sp³-hybridized carbons (Fsp3) is 0. The van der Waals surface area contributed by atoms with Gasteiger partial charge in [-0.2, -0.15) is 12.8 Å². The minimum Gasteiger partial charge on any atom is -0.683 e. The van der Waals surface area contributed by atoms with Gasteiger partial charge in [-0.3, -0.25) is 10.3 Å². The van der Waals surface area contributed by atoms with E-state index in [1.165, 1.54) is 0 Å². The summed E-state index contributed by atoms with van der Waals surface area (Å²) in [7, 11) is 0. The first-order chi connectivity index (χ1) is 3.83. The number of rotatable bonds is 0. The minimum atomic E-state index is 0. The van der Waals surface area contributed by atoms with Crippen LogP contribution in [-0.4, -0.2) is 33.4 Å². The summed E-state index contributed by atoms with van der Waals surface area (Å²) in [4.78, 5) is 0. The molecule has 0 amide bonds. The molecule has 0 unspecified atom stereocenters. The molecule has 7 heteroatoms. The summed E-state index contributed by atoms with van der Waals surface area (Å²) in [6, 6.07) is 0. The third-order valence-electron chi connectivity index (χ3n) is 0.0894. The van der Waals surface area contributed by atoms with Crippen molar-refractivity contribution in [2.24, 2.45) is 10.3 Å². The van der Waals surface area contributed by atoms with Gasteiger partial charge in [0.1, 0.15) is 0 Å². The zero-order valence-electron chi connectivity index (χ0n) is 4.39. The first-order valence-electron chi connectivity index (χ1n) is 1.29. The number of hydrogen-bond donors (Lipinski definition) is 4. The Hall–Kier alpha value is -0.837. The van der Waals surface area contributed by atoms with E-state index < -0.39 is 0 Å². The maximum Gasteiger partial charge on any atom is 2.00 e.